The molecule has 2 atom stereocenters. The Morgan fingerprint density at radius 1 is 1.10 bits per heavy atom. The second kappa shape index (κ2) is 5.45. The molecule has 2 rings (SSSR count). The molecule has 5 heteroatoms. The Morgan fingerprint density at radius 2 is 1.60 bits per heavy atom. The molecule has 1 fully saturated rings. The van der Waals surface area contributed by atoms with Crippen molar-refractivity contribution in [3.63, 3.8) is 0 Å². The molecule has 20 heavy (non-hydrogen) atoms. The van der Waals surface area contributed by atoms with E-state index in [1.54, 1.807) is 38.1 Å². The molecule has 1 aromatic carbocycles. The summed E-state index contributed by atoms with van der Waals surface area (Å²) < 4.78 is 0. The number of benzene rings is 1. The molecule has 1 aliphatic rings. The zero-order valence-electron chi connectivity index (χ0n) is 11.5. The van der Waals surface area contributed by atoms with Crippen molar-refractivity contribution < 1.29 is 19.5 Å². The molecular weight excluding hydrogens is 258 g/mol. The Kier molecular flexibility index (Phi) is 3.88. The molecule has 1 aliphatic heterocycles. The van der Waals surface area contributed by atoms with Crippen LogP contribution in [0.5, 0.6) is 0 Å². The molecule has 0 bridgehead atoms. The van der Waals surface area contributed by atoms with Crippen molar-refractivity contribution >= 4 is 23.5 Å². The number of aryl methyl sites for hydroxylation is 1. The maximum absolute atomic E-state index is 12.1. The molecule has 1 saturated heterocycles. The fourth-order valence-electron chi connectivity index (χ4n) is 2.26. The summed E-state index contributed by atoms with van der Waals surface area (Å²) in [5.74, 6) is -1.80. The number of amides is 2. The van der Waals surface area contributed by atoms with Gasteiger partial charge < -0.3 is 5.11 Å². The Balaban J connectivity index is 2.16. The van der Waals surface area contributed by atoms with Gasteiger partial charge in [-0.3, -0.25) is 19.3 Å². The van der Waals surface area contributed by atoms with Crippen molar-refractivity contribution in [2.45, 2.75) is 26.7 Å². The largest absolute Gasteiger partial charge is 0.481 e. The van der Waals surface area contributed by atoms with Crippen molar-refractivity contribution in [2.24, 2.45) is 11.8 Å². The van der Waals surface area contributed by atoms with Crippen LogP contribution in [-0.2, 0) is 20.8 Å². The summed E-state index contributed by atoms with van der Waals surface area (Å²) in [5.41, 5.74) is 1.42. The second-order valence-corrected chi connectivity index (χ2v) is 5.15. The minimum absolute atomic E-state index is 0.0645. The van der Waals surface area contributed by atoms with Crippen molar-refractivity contribution in [3.8, 4) is 0 Å². The second-order valence-electron chi connectivity index (χ2n) is 5.15. The number of carbonyl (C=O) groups excluding carboxylic acids is 2. The normalized spacial score (nSPS) is 22.4. The van der Waals surface area contributed by atoms with E-state index in [1.807, 2.05) is 0 Å². The predicted octanol–water partition coefficient (Wildman–Crippen LogP) is 1.85. The van der Waals surface area contributed by atoms with Crippen molar-refractivity contribution in [1.29, 1.82) is 0 Å². The minimum Gasteiger partial charge on any atom is -0.481 e. The average molecular weight is 275 g/mol. The Labute approximate surface area is 117 Å². The first-order valence-electron chi connectivity index (χ1n) is 6.60. The lowest BCUT2D eigenvalue weighted by Gasteiger charge is -2.15. The predicted molar refractivity (Wildman–Crippen MR) is 73.2 cm³/mol. The third-order valence-corrected chi connectivity index (χ3v) is 3.79. The van der Waals surface area contributed by atoms with E-state index in [0.29, 0.717) is 12.1 Å². The summed E-state index contributed by atoms with van der Waals surface area (Å²) in [6, 6.07) is 6.90. The van der Waals surface area contributed by atoms with Crippen LogP contribution in [0.15, 0.2) is 24.3 Å². The van der Waals surface area contributed by atoms with Crippen molar-refractivity contribution in [2.75, 3.05) is 4.90 Å². The van der Waals surface area contributed by atoms with E-state index in [9.17, 15) is 14.4 Å². The zero-order chi connectivity index (χ0) is 14.9. The number of nitrogens with zero attached hydrogens (tertiary/aromatic N) is 1. The highest BCUT2D eigenvalue weighted by Gasteiger charge is 2.42. The molecule has 5 nitrogen and oxygen atoms in total. The van der Waals surface area contributed by atoms with Gasteiger partial charge in [0.2, 0.25) is 11.8 Å². The van der Waals surface area contributed by atoms with Gasteiger partial charge in [-0.2, -0.15) is 0 Å². The van der Waals surface area contributed by atoms with Gasteiger partial charge in [0.1, 0.15) is 0 Å². The zero-order valence-corrected chi connectivity index (χ0v) is 11.5. The third kappa shape index (κ3) is 2.57. The number of carboxylic acids is 1. The highest BCUT2D eigenvalue weighted by molar-refractivity contribution is 6.21. The van der Waals surface area contributed by atoms with E-state index in [1.165, 1.54) is 4.90 Å². The lowest BCUT2D eigenvalue weighted by molar-refractivity contribution is -0.137. The average Bonchev–Trinajstić information content (AvgIpc) is 2.62. The molecule has 0 saturated carbocycles. The van der Waals surface area contributed by atoms with E-state index in [0.717, 1.165) is 5.56 Å². The Hall–Kier alpha value is -2.17. The van der Waals surface area contributed by atoms with Gasteiger partial charge >= 0.3 is 5.97 Å². The molecule has 2 unspecified atom stereocenters. The van der Waals surface area contributed by atoms with Crippen LogP contribution in [-0.4, -0.2) is 22.9 Å². The monoisotopic (exact) mass is 275 g/mol. The van der Waals surface area contributed by atoms with Gasteiger partial charge in [0.15, 0.2) is 0 Å². The number of anilines is 1. The van der Waals surface area contributed by atoms with Crippen molar-refractivity contribution in [1.82, 2.24) is 0 Å². The molecule has 106 valence electrons. The summed E-state index contributed by atoms with van der Waals surface area (Å²) >= 11 is 0. The number of aliphatic carboxylic acids is 1. The summed E-state index contributed by atoms with van der Waals surface area (Å²) in [6.45, 7) is 3.51. The smallest absolute Gasteiger partial charge is 0.303 e. The SMILES string of the molecule is CC1C(=O)N(c2ccc(CCC(=O)O)cc2)C(=O)C1C. The molecule has 1 heterocycles. The molecule has 0 aliphatic carbocycles. The third-order valence-electron chi connectivity index (χ3n) is 3.79. The van der Waals surface area contributed by atoms with Crippen LogP contribution < -0.4 is 4.90 Å². The highest BCUT2D eigenvalue weighted by Crippen LogP contribution is 2.30. The number of rotatable bonds is 4. The molecule has 1 N–H and O–H groups in total. The van der Waals surface area contributed by atoms with Gasteiger partial charge in [-0.15, -0.1) is 0 Å². The first kappa shape index (κ1) is 14.2. The number of imide groups is 1. The highest BCUT2D eigenvalue weighted by atomic mass is 16.4. The molecule has 0 aromatic heterocycles. The Bertz CT molecular complexity index is 529. The van der Waals surface area contributed by atoms with Gasteiger partial charge in [-0.1, -0.05) is 26.0 Å². The van der Waals surface area contributed by atoms with E-state index in [4.69, 9.17) is 5.11 Å². The lowest BCUT2D eigenvalue weighted by atomic mass is 10.00. The maximum atomic E-state index is 12.1. The fourth-order valence-corrected chi connectivity index (χ4v) is 2.26. The van der Waals surface area contributed by atoms with E-state index >= 15 is 0 Å². The van der Waals surface area contributed by atoms with Gasteiger partial charge in [0.25, 0.3) is 0 Å². The first-order chi connectivity index (χ1) is 9.41. The molecule has 0 spiro atoms. The van der Waals surface area contributed by atoms with Crippen LogP contribution in [0.4, 0.5) is 5.69 Å². The molecular formula is C15H17NO4. The molecule has 2 amide bonds. The van der Waals surface area contributed by atoms with Crippen LogP contribution >= 0.6 is 0 Å². The van der Waals surface area contributed by atoms with Crippen LogP contribution in [0.1, 0.15) is 25.8 Å². The van der Waals surface area contributed by atoms with Gasteiger partial charge in [0.05, 0.1) is 5.69 Å². The fraction of sp³-hybridized carbons (Fsp3) is 0.400. The quantitative estimate of drug-likeness (QED) is 0.851. The van der Waals surface area contributed by atoms with Crippen LogP contribution in [0.2, 0.25) is 0 Å². The standard InChI is InChI=1S/C15H17NO4/c1-9-10(2)15(20)16(14(9)19)12-6-3-11(4-7-12)5-8-13(17)18/h3-4,6-7,9-10H,5,8H2,1-2H3,(H,17,18). The summed E-state index contributed by atoms with van der Waals surface area (Å²) in [4.78, 5) is 35.8. The van der Waals surface area contributed by atoms with Gasteiger partial charge in [-0.05, 0) is 24.1 Å². The van der Waals surface area contributed by atoms with Crippen LogP contribution in [0.25, 0.3) is 0 Å². The summed E-state index contributed by atoms with van der Waals surface area (Å²) in [5, 5.41) is 8.63. The van der Waals surface area contributed by atoms with E-state index in [-0.39, 0.29) is 30.1 Å². The van der Waals surface area contributed by atoms with Crippen molar-refractivity contribution in [3.05, 3.63) is 29.8 Å². The minimum atomic E-state index is -0.846. The number of hydrogen-bond donors (Lipinski definition) is 1. The van der Waals surface area contributed by atoms with Crippen LogP contribution in [0, 0.1) is 11.8 Å². The lowest BCUT2D eigenvalue weighted by Crippen LogP contribution is -2.30. The summed E-state index contributed by atoms with van der Waals surface area (Å²) in [6.07, 6.45) is 0.499. The number of hydrogen-bond acceptors (Lipinski definition) is 3. The topological polar surface area (TPSA) is 74.7 Å². The number of carbonyl (C=O) groups is 3. The van der Waals surface area contributed by atoms with Gasteiger partial charge in [0, 0.05) is 18.3 Å². The number of carboxylic acid groups (broad SMARTS) is 1. The first-order valence-corrected chi connectivity index (χ1v) is 6.60. The van der Waals surface area contributed by atoms with Crippen LogP contribution in [0.3, 0.4) is 0 Å². The Morgan fingerprint density at radius 3 is 2.05 bits per heavy atom. The van der Waals surface area contributed by atoms with E-state index in [2.05, 4.69) is 0 Å². The maximum Gasteiger partial charge on any atom is 0.303 e. The van der Waals surface area contributed by atoms with Gasteiger partial charge in [-0.25, -0.2) is 0 Å². The molecule has 0 radical (unpaired) electrons. The molecule has 1 aromatic rings. The van der Waals surface area contributed by atoms with E-state index < -0.39 is 5.97 Å². The summed E-state index contributed by atoms with van der Waals surface area (Å²) in [7, 11) is 0.